The summed E-state index contributed by atoms with van der Waals surface area (Å²) in [6.45, 7) is 4.63. The van der Waals surface area contributed by atoms with Crippen molar-refractivity contribution in [3.8, 4) is 0 Å². The predicted molar refractivity (Wildman–Crippen MR) is 99.4 cm³/mol. The molecule has 0 bridgehead atoms. The van der Waals surface area contributed by atoms with E-state index in [1.54, 1.807) is 12.3 Å². The standard InChI is InChI=1S/C21H27F3N2O/c1-25(16-20-8-4-12-27-20)14-18-6-3-10-26(15-18)11-9-17-5-2-7-19(13-17)21(22,23)24/h2,4-5,7-8,12-13,18H,3,6,9-11,14-16H2,1H3. The van der Waals surface area contributed by atoms with E-state index in [0.717, 1.165) is 56.5 Å². The molecule has 3 rings (SSSR count). The van der Waals surface area contributed by atoms with Crippen LogP contribution in [0.4, 0.5) is 13.2 Å². The number of halogens is 3. The average Bonchev–Trinajstić information content (AvgIpc) is 3.12. The van der Waals surface area contributed by atoms with Crippen LogP contribution in [0, 0.1) is 5.92 Å². The molecule has 1 aliphatic heterocycles. The second kappa shape index (κ2) is 8.93. The van der Waals surface area contributed by atoms with Crippen molar-refractivity contribution in [2.75, 3.05) is 33.2 Å². The number of rotatable bonds is 7. The van der Waals surface area contributed by atoms with Crippen molar-refractivity contribution in [3.63, 3.8) is 0 Å². The summed E-state index contributed by atoms with van der Waals surface area (Å²) < 4.78 is 44.0. The van der Waals surface area contributed by atoms with Crippen molar-refractivity contribution >= 4 is 0 Å². The summed E-state index contributed by atoms with van der Waals surface area (Å²) in [7, 11) is 2.10. The maximum atomic E-state index is 12.8. The molecule has 1 aromatic heterocycles. The van der Waals surface area contributed by atoms with E-state index >= 15 is 0 Å². The van der Waals surface area contributed by atoms with E-state index in [2.05, 4.69) is 16.8 Å². The summed E-state index contributed by atoms with van der Waals surface area (Å²) in [5.41, 5.74) is 0.193. The minimum absolute atomic E-state index is 0.559. The van der Waals surface area contributed by atoms with Crippen LogP contribution in [0.1, 0.15) is 29.7 Å². The molecule has 27 heavy (non-hydrogen) atoms. The Hall–Kier alpha value is -1.79. The smallest absolute Gasteiger partial charge is 0.416 e. The largest absolute Gasteiger partial charge is 0.468 e. The number of hydrogen-bond donors (Lipinski definition) is 0. The Morgan fingerprint density at radius 2 is 2.07 bits per heavy atom. The number of alkyl halides is 3. The summed E-state index contributed by atoms with van der Waals surface area (Å²) in [6.07, 6.45) is 0.410. The first-order valence-electron chi connectivity index (χ1n) is 9.49. The van der Waals surface area contributed by atoms with E-state index in [0.29, 0.717) is 12.3 Å². The van der Waals surface area contributed by atoms with Gasteiger partial charge in [-0.15, -0.1) is 0 Å². The highest BCUT2D eigenvalue weighted by Crippen LogP contribution is 2.29. The van der Waals surface area contributed by atoms with Gasteiger partial charge in [0.05, 0.1) is 18.4 Å². The molecule has 0 spiro atoms. The number of hydrogen-bond acceptors (Lipinski definition) is 3. The van der Waals surface area contributed by atoms with Gasteiger partial charge in [-0.3, -0.25) is 4.90 Å². The van der Waals surface area contributed by atoms with Crippen molar-refractivity contribution in [3.05, 3.63) is 59.5 Å². The quantitative estimate of drug-likeness (QED) is 0.695. The van der Waals surface area contributed by atoms with Crippen LogP contribution in [-0.4, -0.2) is 43.0 Å². The van der Waals surface area contributed by atoms with Gasteiger partial charge in [0.25, 0.3) is 0 Å². The third kappa shape index (κ3) is 6.11. The minimum atomic E-state index is -4.27. The third-order valence-corrected chi connectivity index (χ3v) is 5.15. The summed E-state index contributed by atoms with van der Waals surface area (Å²) in [5, 5.41) is 0. The van der Waals surface area contributed by atoms with Gasteiger partial charge in [0.1, 0.15) is 5.76 Å². The molecule has 0 N–H and O–H groups in total. The molecule has 1 saturated heterocycles. The second-order valence-corrected chi connectivity index (χ2v) is 7.53. The Balaban J connectivity index is 1.47. The zero-order valence-corrected chi connectivity index (χ0v) is 15.7. The highest BCUT2D eigenvalue weighted by molar-refractivity contribution is 5.25. The highest BCUT2D eigenvalue weighted by Gasteiger charge is 2.30. The lowest BCUT2D eigenvalue weighted by Crippen LogP contribution is -2.40. The first-order chi connectivity index (χ1) is 12.9. The van der Waals surface area contributed by atoms with Gasteiger partial charge in [-0.05, 0) is 62.5 Å². The van der Waals surface area contributed by atoms with Crippen LogP contribution in [0.5, 0.6) is 0 Å². The van der Waals surface area contributed by atoms with E-state index in [1.807, 2.05) is 12.1 Å². The van der Waals surface area contributed by atoms with Crippen molar-refractivity contribution < 1.29 is 17.6 Å². The molecule has 3 nitrogen and oxygen atoms in total. The number of piperidine rings is 1. The molecule has 0 saturated carbocycles. The van der Waals surface area contributed by atoms with Gasteiger partial charge >= 0.3 is 6.18 Å². The van der Waals surface area contributed by atoms with Crippen molar-refractivity contribution in [2.45, 2.75) is 32.0 Å². The number of benzene rings is 1. The molecule has 1 unspecified atom stereocenters. The zero-order chi connectivity index (χ0) is 19.3. The molecular formula is C21H27F3N2O. The van der Waals surface area contributed by atoms with Crippen LogP contribution in [0.3, 0.4) is 0 Å². The van der Waals surface area contributed by atoms with E-state index in [1.165, 1.54) is 18.6 Å². The maximum Gasteiger partial charge on any atom is 0.416 e. The van der Waals surface area contributed by atoms with Crippen LogP contribution < -0.4 is 0 Å². The van der Waals surface area contributed by atoms with Gasteiger partial charge in [-0.25, -0.2) is 0 Å². The van der Waals surface area contributed by atoms with E-state index in [4.69, 9.17) is 4.42 Å². The SMILES string of the molecule is CN(Cc1ccco1)CC1CCCN(CCc2cccc(C(F)(F)F)c2)C1. The lowest BCUT2D eigenvalue weighted by Gasteiger charge is -2.34. The van der Waals surface area contributed by atoms with Crippen LogP contribution >= 0.6 is 0 Å². The number of likely N-dealkylation sites (tertiary alicyclic amines) is 1. The van der Waals surface area contributed by atoms with Crippen molar-refractivity contribution in [1.29, 1.82) is 0 Å². The summed E-state index contributed by atoms with van der Waals surface area (Å²) >= 11 is 0. The Bertz CT molecular complexity index is 700. The van der Waals surface area contributed by atoms with E-state index < -0.39 is 11.7 Å². The lowest BCUT2D eigenvalue weighted by atomic mass is 9.97. The minimum Gasteiger partial charge on any atom is -0.468 e. The van der Waals surface area contributed by atoms with Crippen molar-refractivity contribution in [1.82, 2.24) is 9.80 Å². The first-order valence-corrected chi connectivity index (χ1v) is 9.49. The van der Waals surface area contributed by atoms with Crippen LogP contribution in [-0.2, 0) is 19.1 Å². The Kier molecular flexibility index (Phi) is 6.60. The summed E-state index contributed by atoms with van der Waals surface area (Å²) in [5.74, 6) is 1.55. The Morgan fingerprint density at radius 1 is 1.22 bits per heavy atom. The fourth-order valence-electron chi connectivity index (χ4n) is 3.87. The topological polar surface area (TPSA) is 19.6 Å². The van der Waals surface area contributed by atoms with Gasteiger partial charge in [0, 0.05) is 19.6 Å². The van der Waals surface area contributed by atoms with Gasteiger partial charge in [-0.1, -0.05) is 18.2 Å². The first kappa shape index (κ1) is 20.0. The Labute approximate surface area is 158 Å². The second-order valence-electron chi connectivity index (χ2n) is 7.53. The molecule has 1 fully saturated rings. The van der Waals surface area contributed by atoms with Gasteiger partial charge in [-0.2, -0.15) is 13.2 Å². The van der Waals surface area contributed by atoms with Gasteiger partial charge < -0.3 is 9.32 Å². The molecule has 2 aromatic rings. The monoisotopic (exact) mass is 380 g/mol. The lowest BCUT2D eigenvalue weighted by molar-refractivity contribution is -0.137. The molecule has 1 aliphatic rings. The molecule has 0 aliphatic carbocycles. The van der Waals surface area contributed by atoms with E-state index in [-0.39, 0.29) is 0 Å². The highest BCUT2D eigenvalue weighted by atomic mass is 19.4. The Morgan fingerprint density at radius 3 is 2.81 bits per heavy atom. The normalized spacial score (nSPS) is 18.9. The molecule has 0 radical (unpaired) electrons. The molecule has 0 amide bonds. The summed E-state index contributed by atoms with van der Waals surface area (Å²) in [4.78, 5) is 4.66. The summed E-state index contributed by atoms with van der Waals surface area (Å²) in [6, 6.07) is 9.58. The van der Waals surface area contributed by atoms with Crippen molar-refractivity contribution in [2.24, 2.45) is 5.92 Å². The fourth-order valence-corrected chi connectivity index (χ4v) is 3.87. The van der Waals surface area contributed by atoms with Crippen LogP contribution in [0.2, 0.25) is 0 Å². The van der Waals surface area contributed by atoms with E-state index in [9.17, 15) is 13.2 Å². The third-order valence-electron chi connectivity index (χ3n) is 5.15. The zero-order valence-electron chi connectivity index (χ0n) is 15.7. The number of furan rings is 1. The number of nitrogens with zero attached hydrogens (tertiary/aromatic N) is 2. The molecular weight excluding hydrogens is 353 g/mol. The molecule has 1 atom stereocenters. The average molecular weight is 380 g/mol. The molecule has 148 valence electrons. The van der Waals surface area contributed by atoms with Gasteiger partial charge in [0.15, 0.2) is 0 Å². The molecule has 1 aromatic carbocycles. The molecule has 6 heteroatoms. The van der Waals surface area contributed by atoms with Crippen LogP contribution in [0.15, 0.2) is 47.1 Å². The van der Waals surface area contributed by atoms with Gasteiger partial charge in [0.2, 0.25) is 0 Å². The fraction of sp³-hybridized carbons (Fsp3) is 0.524. The maximum absolute atomic E-state index is 12.8. The predicted octanol–water partition coefficient (Wildman–Crippen LogP) is 4.68. The van der Waals surface area contributed by atoms with Crippen LogP contribution in [0.25, 0.3) is 0 Å². The molecule has 2 heterocycles.